The van der Waals surface area contributed by atoms with E-state index in [2.05, 4.69) is 109 Å². The first-order valence-corrected chi connectivity index (χ1v) is 13.4. The summed E-state index contributed by atoms with van der Waals surface area (Å²) in [6.07, 6.45) is 2.06. The van der Waals surface area contributed by atoms with Gasteiger partial charge in [0.25, 0.3) is 0 Å². The van der Waals surface area contributed by atoms with Gasteiger partial charge in [-0.25, -0.2) is 0 Å². The largest absolute Gasteiger partial charge is 0.0620 e. The molecule has 1 atom stereocenters. The highest BCUT2D eigenvalue weighted by Crippen LogP contribution is 2.69. The highest BCUT2D eigenvalue weighted by Gasteiger charge is 2.56. The van der Waals surface area contributed by atoms with E-state index in [1.54, 1.807) is 16.7 Å². The summed E-state index contributed by atoms with van der Waals surface area (Å²) in [4.78, 5) is 0. The lowest BCUT2D eigenvalue weighted by atomic mass is 9.57. The zero-order valence-electron chi connectivity index (χ0n) is 20.3. The van der Waals surface area contributed by atoms with Gasteiger partial charge in [0.15, 0.2) is 0 Å². The van der Waals surface area contributed by atoms with Gasteiger partial charge in [0.2, 0.25) is 0 Å². The summed E-state index contributed by atoms with van der Waals surface area (Å²) in [6, 6.07) is 41.6. The van der Waals surface area contributed by atoms with Crippen LogP contribution < -0.4 is 0 Å². The predicted molar refractivity (Wildman–Crippen MR) is 154 cm³/mol. The van der Waals surface area contributed by atoms with Crippen molar-refractivity contribution < 1.29 is 0 Å². The molecule has 0 radical (unpaired) electrons. The molecule has 0 bridgehead atoms. The topological polar surface area (TPSA) is 0 Å². The van der Waals surface area contributed by atoms with E-state index in [0.717, 1.165) is 12.8 Å². The molecule has 1 spiro atoms. The Hall–Kier alpha value is -4.42. The van der Waals surface area contributed by atoms with Gasteiger partial charge in [0.1, 0.15) is 0 Å². The van der Waals surface area contributed by atoms with Crippen molar-refractivity contribution in [1.29, 1.82) is 0 Å². The summed E-state index contributed by atoms with van der Waals surface area (Å²) in [5.74, 6) is 0. The van der Waals surface area contributed by atoms with Gasteiger partial charge >= 0.3 is 0 Å². The Morgan fingerprint density at radius 3 is 2.16 bits per heavy atom. The third-order valence-corrected chi connectivity index (χ3v) is 9.70. The van der Waals surface area contributed by atoms with Crippen LogP contribution >= 0.6 is 0 Å². The Morgan fingerprint density at radius 1 is 0.514 bits per heavy atom. The molecule has 1 unspecified atom stereocenters. The van der Waals surface area contributed by atoms with Crippen molar-refractivity contribution in [2.45, 2.75) is 18.3 Å². The molecule has 170 valence electrons. The predicted octanol–water partition coefficient (Wildman–Crippen LogP) is 8.96. The molecule has 0 fully saturated rings. The first-order valence-electron chi connectivity index (χ1n) is 13.4. The Balaban J connectivity index is 1.52. The van der Waals surface area contributed by atoms with Crippen LogP contribution in [0.1, 0.15) is 33.4 Å². The molecule has 37 heavy (non-hydrogen) atoms. The average molecular weight is 467 g/mol. The number of benzene rings is 6. The Labute approximate surface area is 215 Å². The van der Waals surface area contributed by atoms with Gasteiger partial charge in [-0.3, -0.25) is 0 Å². The zero-order chi connectivity index (χ0) is 23.9. The van der Waals surface area contributed by atoms with Crippen LogP contribution in [0, 0.1) is 0 Å². The highest BCUT2D eigenvalue weighted by atomic mass is 14.6. The minimum atomic E-state index is -0.142. The third-order valence-electron chi connectivity index (χ3n) is 9.70. The summed E-state index contributed by atoms with van der Waals surface area (Å²) in [5, 5.41) is 5.43. The maximum absolute atomic E-state index is 2.50. The van der Waals surface area contributed by atoms with Crippen LogP contribution in [-0.4, -0.2) is 0 Å². The Morgan fingerprint density at radius 2 is 1.24 bits per heavy atom. The summed E-state index contributed by atoms with van der Waals surface area (Å²) in [5.41, 5.74) is 17.8. The van der Waals surface area contributed by atoms with Crippen LogP contribution in [0.5, 0.6) is 0 Å². The van der Waals surface area contributed by atoms with Crippen molar-refractivity contribution in [3.05, 3.63) is 143 Å². The molecule has 0 amide bonds. The summed E-state index contributed by atoms with van der Waals surface area (Å²) in [6.45, 7) is 0. The molecule has 4 aliphatic rings. The van der Waals surface area contributed by atoms with E-state index in [9.17, 15) is 0 Å². The molecule has 0 saturated carbocycles. The van der Waals surface area contributed by atoms with Gasteiger partial charge in [0.05, 0.1) is 5.41 Å². The van der Waals surface area contributed by atoms with E-state index >= 15 is 0 Å². The van der Waals surface area contributed by atoms with Crippen molar-refractivity contribution in [2.24, 2.45) is 0 Å². The van der Waals surface area contributed by atoms with Crippen LogP contribution in [0.25, 0.3) is 54.9 Å². The van der Waals surface area contributed by atoms with E-state index in [-0.39, 0.29) is 5.41 Å². The minimum Gasteiger partial charge on any atom is -0.0620 e. The average Bonchev–Trinajstić information content (AvgIpc) is 3.48. The fourth-order valence-corrected chi connectivity index (χ4v) is 8.49. The minimum absolute atomic E-state index is 0.142. The molecule has 0 heterocycles. The molecule has 0 N–H and O–H groups in total. The van der Waals surface area contributed by atoms with E-state index in [1.807, 2.05) is 0 Å². The molecule has 0 saturated heterocycles. The lowest BCUT2D eigenvalue weighted by Crippen LogP contribution is -2.35. The molecule has 6 aromatic carbocycles. The quantitative estimate of drug-likeness (QED) is 0.210. The number of hydrogen-bond acceptors (Lipinski definition) is 0. The van der Waals surface area contributed by atoms with Gasteiger partial charge in [-0.2, -0.15) is 0 Å². The Kier molecular flexibility index (Phi) is 3.10. The number of fused-ring (bicyclic) bond motifs is 9. The zero-order valence-corrected chi connectivity index (χ0v) is 20.3. The number of hydrogen-bond donors (Lipinski definition) is 0. The maximum Gasteiger partial charge on any atom is 0.0519 e. The SMILES string of the molecule is c1ccc2c(c1)CC13C4=C2Cc2cccc(c24)-c2c1c(cc1ccccc21)-c1c3ccc2ccccc12. The van der Waals surface area contributed by atoms with E-state index < -0.39 is 0 Å². The molecule has 0 heteroatoms. The molecule has 6 aromatic rings. The fourth-order valence-electron chi connectivity index (χ4n) is 8.49. The molecule has 4 aliphatic carbocycles. The van der Waals surface area contributed by atoms with Crippen molar-refractivity contribution in [1.82, 2.24) is 0 Å². The Bertz CT molecular complexity index is 2090. The lowest BCUT2D eigenvalue weighted by molar-refractivity contribution is 0.668. The van der Waals surface area contributed by atoms with Crippen molar-refractivity contribution >= 4 is 32.7 Å². The van der Waals surface area contributed by atoms with Crippen molar-refractivity contribution in [3.63, 3.8) is 0 Å². The third kappa shape index (κ3) is 1.97. The summed E-state index contributed by atoms with van der Waals surface area (Å²) < 4.78 is 0. The summed E-state index contributed by atoms with van der Waals surface area (Å²) >= 11 is 0. The standard InChI is InChI=1S/C37H22/c1-5-13-26-21(8-1)16-17-31-33(26)30-18-22-9-2-6-14-27(22)34-28-15-7-11-23-19-29-25-12-4-3-10-24(25)20-37(31,36(30)34)35(29)32(23)28/h1-18H,19-20H2. The first-order chi connectivity index (χ1) is 18.3. The second kappa shape index (κ2) is 6.10. The van der Waals surface area contributed by atoms with Gasteiger partial charge < -0.3 is 0 Å². The van der Waals surface area contributed by atoms with Crippen LogP contribution in [0.15, 0.2) is 109 Å². The first kappa shape index (κ1) is 18.8. The van der Waals surface area contributed by atoms with Gasteiger partial charge in [0, 0.05) is 0 Å². The van der Waals surface area contributed by atoms with Gasteiger partial charge in [-0.05, 0) is 107 Å². The molecule has 10 rings (SSSR count). The second-order valence-corrected chi connectivity index (χ2v) is 11.2. The van der Waals surface area contributed by atoms with Crippen LogP contribution in [0.2, 0.25) is 0 Å². The lowest BCUT2D eigenvalue weighted by Gasteiger charge is -2.44. The maximum atomic E-state index is 2.50. The second-order valence-electron chi connectivity index (χ2n) is 11.2. The highest BCUT2D eigenvalue weighted by molar-refractivity contribution is 6.21. The molecule has 0 nitrogen and oxygen atoms in total. The van der Waals surface area contributed by atoms with Crippen LogP contribution in [0.3, 0.4) is 0 Å². The molecule has 0 aromatic heterocycles. The monoisotopic (exact) mass is 466 g/mol. The van der Waals surface area contributed by atoms with Gasteiger partial charge in [-0.15, -0.1) is 0 Å². The molecule has 0 aliphatic heterocycles. The van der Waals surface area contributed by atoms with Crippen molar-refractivity contribution in [2.75, 3.05) is 0 Å². The van der Waals surface area contributed by atoms with Crippen LogP contribution in [-0.2, 0) is 18.3 Å². The fraction of sp³-hybridized carbons (Fsp3) is 0.0811. The van der Waals surface area contributed by atoms with E-state index in [0.29, 0.717) is 0 Å². The van der Waals surface area contributed by atoms with Gasteiger partial charge in [-0.1, -0.05) is 103 Å². The summed E-state index contributed by atoms with van der Waals surface area (Å²) in [7, 11) is 0. The molecular weight excluding hydrogens is 444 g/mol. The van der Waals surface area contributed by atoms with Crippen molar-refractivity contribution in [3.8, 4) is 22.3 Å². The number of allylic oxidation sites excluding steroid dienone is 2. The smallest absolute Gasteiger partial charge is 0.0519 e. The normalized spacial score (nSPS) is 19.1. The van der Waals surface area contributed by atoms with E-state index in [1.165, 1.54) is 71.6 Å². The number of rotatable bonds is 0. The van der Waals surface area contributed by atoms with E-state index in [4.69, 9.17) is 0 Å². The van der Waals surface area contributed by atoms with Crippen LogP contribution in [0.4, 0.5) is 0 Å². The molecular formula is C37H22.